The highest BCUT2D eigenvalue weighted by atomic mass is 32.2. The van der Waals surface area contributed by atoms with Crippen molar-refractivity contribution in [2.75, 3.05) is 4.90 Å². The molecule has 1 heterocycles. The van der Waals surface area contributed by atoms with Gasteiger partial charge in [0, 0.05) is 21.2 Å². The van der Waals surface area contributed by atoms with Crippen molar-refractivity contribution in [1.29, 1.82) is 0 Å². The minimum absolute atomic E-state index is 0.483. The molecule has 258 valence electrons. The number of hydrogen-bond acceptors (Lipinski definition) is 2. The standard InChI is InChI=1S/C53H35NS/c1-3-14-36(15-4-1)38-26-31-41(32-27-38)54(42-33-28-39(29-34-42)37-16-5-2-6-17-37)49-24-13-23-48-52(49)55-50-25-12-11-22-46(50)53(48)45-21-10-9-20-44(45)51-43-19-8-7-18-40(43)30-35-47(51)53/h1-35H. The second kappa shape index (κ2) is 12.8. The molecule has 0 N–H and O–H groups in total. The van der Waals surface area contributed by atoms with Crippen LogP contribution >= 0.6 is 11.8 Å². The van der Waals surface area contributed by atoms with Crippen LogP contribution in [0.3, 0.4) is 0 Å². The molecule has 0 radical (unpaired) electrons. The maximum Gasteiger partial charge on any atom is 0.0736 e. The van der Waals surface area contributed by atoms with E-state index in [0.29, 0.717) is 0 Å². The van der Waals surface area contributed by atoms with Gasteiger partial charge < -0.3 is 4.90 Å². The zero-order chi connectivity index (χ0) is 36.3. The van der Waals surface area contributed by atoms with E-state index in [9.17, 15) is 0 Å². The Balaban J connectivity index is 1.17. The molecule has 1 nitrogen and oxygen atoms in total. The van der Waals surface area contributed by atoms with Gasteiger partial charge in [-0.15, -0.1) is 0 Å². The molecule has 2 aliphatic rings. The summed E-state index contributed by atoms with van der Waals surface area (Å²) in [5.74, 6) is 0. The molecule has 11 rings (SSSR count). The Morgan fingerprint density at radius 2 is 0.909 bits per heavy atom. The van der Waals surface area contributed by atoms with Gasteiger partial charge >= 0.3 is 0 Å². The van der Waals surface area contributed by atoms with Crippen molar-refractivity contribution >= 4 is 39.6 Å². The monoisotopic (exact) mass is 717 g/mol. The molecule has 0 saturated heterocycles. The lowest BCUT2D eigenvalue weighted by Crippen LogP contribution is -2.32. The van der Waals surface area contributed by atoms with Crippen molar-refractivity contribution in [3.8, 4) is 33.4 Å². The first-order valence-electron chi connectivity index (χ1n) is 18.9. The number of nitrogens with zero attached hydrogens (tertiary/aromatic N) is 1. The van der Waals surface area contributed by atoms with Gasteiger partial charge in [0.05, 0.1) is 11.1 Å². The molecule has 0 aromatic heterocycles. The second-order valence-corrected chi connectivity index (χ2v) is 15.5. The minimum Gasteiger partial charge on any atom is -0.309 e. The number of hydrogen-bond donors (Lipinski definition) is 0. The Morgan fingerprint density at radius 3 is 1.60 bits per heavy atom. The van der Waals surface area contributed by atoms with Crippen LogP contribution < -0.4 is 4.90 Å². The Labute approximate surface area is 326 Å². The number of rotatable bonds is 5. The minimum atomic E-state index is -0.483. The third-order valence-electron chi connectivity index (χ3n) is 11.5. The Kier molecular flexibility index (Phi) is 7.40. The summed E-state index contributed by atoms with van der Waals surface area (Å²) in [6.45, 7) is 0. The lowest BCUT2D eigenvalue weighted by molar-refractivity contribution is 0.723. The zero-order valence-electron chi connectivity index (χ0n) is 30.1. The Hall–Kier alpha value is -6.61. The SMILES string of the molecule is c1ccc(-c2ccc(N(c3ccc(-c4ccccc4)cc3)c3cccc4c3Sc3ccccc3C43c4ccccc4-c4c3ccc3ccccc43)cc2)cc1. The maximum atomic E-state index is 2.46. The summed E-state index contributed by atoms with van der Waals surface area (Å²) in [5.41, 5.74) is 15.8. The first-order chi connectivity index (χ1) is 27.3. The molecular formula is C53H35NS. The van der Waals surface area contributed by atoms with Crippen LogP contribution in [0.5, 0.6) is 0 Å². The number of benzene rings is 9. The highest BCUT2D eigenvalue weighted by Crippen LogP contribution is 2.64. The molecule has 1 aliphatic heterocycles. The number of anilines is 3. The summed E-state index contributed by atoms with van der Waals surface area (Å²) in [7, 11) is 0. The van der Waals surface area contributed by atoms with Crippen LogP contribution in [0.25, 0.3) is 44.2 Å². The van der Waals surface area contributed by atoms with E-state index >= 15 is 0 Å². The fourth-order valence-corrected chi connectivity index (χ4v) is 10.4. The van der Waals surface area contributed by atoms with Crippen LogP contribution in [-0.2, 0) is 5.41 Å². The molecule has 1 spiro atoms. The maximum absolute atomic E-state index is 2.46. The molecule has 0 amide bonds. The molecule has 1 unspecified atom stereocenters. The Morgan fingerprint density at radius 1 is 0.364 bits per heavy atom. The van der Waals surface area contributed by atoms with E-state index < -0.39 is 5.41 Å². The molecule has 1 aliphatic carbocycles. The van der Waals surface area contributed by atoms with Crippen molar-refractivity contribution in [3.05, 3.63) is 235 Å². The molecule has 0 bridgehead atoms. The van der Waals surface area contributed by atoms with E-state index in [0.717, 1.165) is 11.4 Å². The first kappa shape index (κ1) is 31.9. The van der Waals surface area contributed by atoms with Crippen LogP contribution in [0.4, 0.5) is 17.1 Å². The third-order valence-corrected chi connectivity index (χ3v) is 12.8. The van der Waals surface area contributed by atoms with Gasteiger partial charge in [0.1, 0.15) is 0 Å². The summed E-state index contributed by atoms with van der Waals surface area (Å²) in [5, 5.41) is 2.57. The largest absolute Gasteiger partial charge is 0.309 e. The summed E-state index contributed by atoms with van der Waals surface area (Å²) >= 11 is 1.90. The summed E-state index contributed by atoms with van der Waals surface area (Å²) < 4.78 is 0. The van der Waals surface area contributed by atoms with E-state index in [1.54, 1.807) is 0 Å². The van der Waals surface area contributed by atoms with Crippen LogP contribution in [0, 0.1) is 0 Å². The quantitative estimate of drug-likeness (QED) is 0.174. The third kappa shape index (κ3) is 4.88. The van der Waals surface area contributed by atoms with Gasteiger partial charge in [0.25, 0.3) is 0 Å². The van der Waals surface area contributed by atoms with Crippen LogP contribution in [-0.4, -0.2) is 0 Å². The second-order valence-electron chi connectivity index (χ2n) is 14.4. The molecule has 9 aromatic rings. The summed E-state index contributed by atoms with van der Waals surface area (Å²) in [6, 6.07) is 78.2. The highest BCUT2D eigenvalue weighted by Gasteiger charge is 2.51. The van der Waals surface area contributed by atoms with Gasteiger partial charge in [-0.05, 0) is 103 Å². The molecular weight excluding hydrogens is 683 g/mol. The normalized spacial score (nSPS) is 14.9. The lowest BCUT2D eigenvalue weighted by Gasteiger charge is -2.41. The van der Waals surface area contributed by atoms with E-state index in [1.807, 2.05) is 11.8 Å². The summed E-state index contributed by atoms with van der Waals surface area (Å²) in [6.07, 6.45) is 0. The van der Waals surface area contributed by atoms with Crippen LogP contribution in [0.15, 0.2) is 222 Å². The molecule has 0 saturated carbocycles. The van der Waals surface area contributed by atoms with Crippen molar-refractivity contribution < 1.29 is 0 Å². The first-order valence-corrected chi connectivity index (χ1v) is 19.7. The lowest BCUT2D eigenvalue weighted by atomic mass is 9.67. The fraction of sp³-hybridized carbons (Fsp3) is 0.0189. The van der Waals surface area contributed by atoms with E-state index in [4.69, 9.17) is 0 Å². The van der Waals surface area contributed by atoms with E-state index in [2.05, 4.69) is 217 Å². The van der Waals surface area contributed by atoms with Gasteiger partial charge in [-0.2, -0.15) is 0 Å². The predicted molar refractivity (Wildman–Crippen MR) is 231 cm³/mol. The zero-order valence-corrected chi connectivity index (χ0v) is 30.9. The van der Waals surface area contributed by atoms with Crippen molar-refractivity contribution in [2.45, 2.75) is 15.2 Å². The highest BCUT2D eigenvalue weighted by molar-refractivity contribution is 7.99. The van der Waals surface area contributed by atoms with Crippen LogP contribution in [0.2, 0.25) is 0 Å². The van der Waals surface area contributed by atoms with Crippen LogP contribution in [0.1, 0.15) is 22.3 Å². The Bertz CT molecular complexity index is 2800. The van der Waals surface area contributed by atoms with Crippen molar-refractivity contribution in [1.82, 2.24) is 0 Å². The molecule has 0 fully saturated rings. The van der Waals surface area contributed by atoms with Crippen molar-refractivity contribution in [3.63, 3.8) is 0 Å². The smallest absolute Gasteiger partial charge is 0.0736 e. The van der Waals surface area contributed by atoms with Gasteiger partial charge in [-0.25, -0.2) is 0 Å². The average Bonchev–Trinajstić information content (AvgIpc) is 3.56. The molecule has 2 heteroatoms. The van der Waals surface area contributed by atoms with E-state index in [-0.39, 0.29) is 0 Å². The van der Waals surface area contributed by atoms with E-state index in [1.165, 1.54) is 81.9 Å². The average molecular weight is 718 g/mol. The summed E-state index contributed by atoms with van der Waals surface area (Å²) in [4.78, 5) is 5.02. The molecule has 1 atom stereocenters. The van der Waals surface area contributed by atoms with Gasteiger partial charge in [-0.3, -0.25) is 0 Å². The number of fused-ring (bicyclic) bond motifs is 11. The topological polar surface area (TPSA) is 3.24 Å². The molecule has 55 heavy (non-hydrogen) atoms. The predicted octanol–water partition coefficient (Wildman–Crippen LogP) is 14.5. The van der Waals surface area contributed by atoms with Crippen molar-refractivity contribution in [2.24, 2.45) is 0 Å². The molecule has 9 aromatic carbocycles. The van der Waals surface area contributed by atoms with Gasteiger partial charge in [0.15, 0.2) is 0 Å². The van der Waals surface area contributed by atoms with Gasteiger partial charge in [0.2, 0.25) is 0 Å². The van der Waals surface area contributed by atoms with Gasteiger partial charge in [-0.1, -0.05) is 188 Å². The fourth-order valence-electron chi connectivity index (χ4n) is 9.15.